The van der Waals surface area contributed by atoms with E-state index in [2.05, 4.69) is 17.0 Å². The van der Waals surface area contributed by atoms with Gasteiger partial charge in [-0.2, -0.15) is 5.10 Å². The van der Waals surface area contributed by atoms with E-state index in [1.165, 1.54) is 0 Å². The van der Waals surface area contributed by atoms with Crippen molar-refractivity contribution in [2.24, 2.45) is 0 Å². The van der Waals surface area contributed by atoms with Crippen molar-refractivity contribution in [1.82, 2.24) is 14.8 Å². The number of pyridine rings is 1. The maximum atomic E-state index is 5.75. The fraction of sp³-hybridized carbons (Fsp3) is 0.222. The monoisotopic (exact) mass is 309 g/mol. The quantitative estimate of drug-likeness (QED) is 0.700. The van der Waals surface area contributed by atoms with Crippen molar-refractivity contribution in [2.45, 2.75) is 20.0 Å². The largest absolute Gasteiger partial charge is 0.497 e. The zero-order chi connectivity index (χ0) is 16.1. The first kappa shape index (κ1) is 15.1. The summed E-state index contributed by atoms with van der Waals surface area (Å²) in [6.45, 7) is 2.57. The Morgan fingerprint density at radius 3 is 2.39 bits per heavy atom. The van der Waals surface area contributed by atoms with E-state index in [1.807, 2.05) is 48.7 Å². The molecule has 0 atom stereocenters. The Hall–Kier alpha value is -2.82. The third-order valence-electron chi connectivity index (χ3n) is 3.53. The molecular weight excluding hydrogens is 290 g/mol. The topological polar surface area (TPSA) is 49.2 Å². The van der Waals surface area contributed by atoms with Crippen LogP contribution in [0.1, 0.15) is 18.2 Å². The fourth-order valence-electron chi connectivity index (χ4n) is 2.16. The molecule has 118 valence electrons. The van der Waals surface area contributed by atoms with Gasteiger partial charge in [0.15, 0.2) is 5.82 Å². The predicted molar refractivity (Wildman–Crippen MR) is 88.1 cm³/mol. The van der Waals surface area contributed by atoms with Crippen LogP contribution in [0, 0.1) is 0 Å². The van der Waals surface area contributed by atoms with E-state index in [0.29, 0.717) is 6.61 Å². The van der Waals surface area contributed by atoms with Crippen LogP contribution in [0.4, 0.5) is 0 Å². The van der Waals surface area contributed by atoms with Gasteiger partial charge in [0.2, 0.25) is 0 Å². The second-order valence-electron chi connectivity index (χ2n) is 5.09. The normalized spacial score (nSPS) is 10.5. The summed E-state index contributed by atoms with van der Waals surface area (Å²) in [6, 6.07) is 13.6. The van der Waals surface area contributed by atoms with Crippen LogP contribution in [0.25, 0.3) is 5.82 Å². The third-order valence-corrected chi connectivity index (χ3v) is 3.53. The molecule has 1 aromatic carbocycles. The van der Waals surface area contributed by atoms with E-state index in [0.717, 1.165) is 35.0 Å². The first-order valence-corrected chi connectivity index (χ1v) is 7.55. The smallest absolute Gasteiger partial charge is 0.153 e. The van der Waals surface area contributed by atoms with E-state index >= 15 is 0 Å². The predicted octanol–water partition coefficient (Wildman–Crippen LogP) is 3.42. The number of hydrogen-bond donors (Lipinski definition) is 0. The SMILES string of the molecule is CCc1ccn(-c2ccc(OCc3ccc(OC)cc3)cn2)n1. The molecule has 0 aliphatic rings. The Bertz CT molecular complexity index is 749. The lowest BCUT2D eigenvalue weighted by Crippen LogP contribution is -2.00. The first-order valence-electron chi connectivity index (χ1n) is 7.55. The number of benzene rings is 1. The third kappa shape index (κ3) is 3.69. The summed E-state index contributed by atoms with van der Waals surface area (Å²) in [5.41, 5.74) is 2.13. The van der Waals surface area contributed by atoms with E-state index in [1.54, 1.807) is 18.0 Å². The minimum atomic E-state index is 0.493. The minimum absolute atomic E-state index is 0.493. The molecular formula is C18H19N3O2. The van der Waals surface area contributed by atoms with Crippen molar-refractivity contribution in [2.75, 3.05) is 7.11 Å². The molecule has 0 fully saturated rings. The molecule has 0 aliphatic carbocycles. The van der Waals surface area contributed by atoms with Crippen molar-refractivity contribution in [3.8, 4) is 17.3 Å². The Labute approximate surface area is 135 Å². The van der Waals surface area contributed by atoms with E-state index in [4.69, 9.17) is 9.47 Å². The van der Waals surface area contributed by atoms with Gasteiger partial charge in [0, 0.05) is 6.20 Å². The van der Waals surface area contributed by atoms with Crippen LogP contribution in [0.5, 0.6) is 11.5 Å². The Kier molecular flexibility index (Phi) is 4.57. The van der Waals surface area contributed by atoms with Crippen LogP contribution in [0.15, 0.2) is 54.9 Å². The fourth-order valence-corrected chi connectivity index (χ4v) is 2.16. The van der Waals surface area contributed by atoms with Crippen molar-refractivity contribution in [1.29, 1.82) is 0 Å². The molecule has 2 aromatic heterocycles. The molecule has 0 saturated carbocycles. The highest BCUT2D eigenvalue weighted by atomic mass is 16.5. The molecule has 23 heavy (non-hydrogen) atoms. The average Bonchev–Trinajstić information content (AvgIpc) is 3.10. The molecule has 0 N–H and O–H groups in total. The van der Waals surface area contributed by atoms with Gasteiger partial charge >= 0.3 is 0 Å². The van der Waals surface area contributed by atoms with Crippen LogP contribution < -0.4 is 9.47 Å². The number of nitrogens with zero attached hydrogens (tertiary/aromatic N) is 3. The lowest BCUT2D eigenvalue weighted by molar-refractivity contribution is 0.304. The zero-order valence-corrected chi connectivity index (χ0v) is 13.3. The first-order chi connectivity index (χ1) is 11.3. The standard InChI is InChI=1S/C18H19N3O2/c1-3-15-10-11-21(20-15)18-9-8-17(12-19-18)23-13-14-4-6-16(22-2)7-5-14/h4-12H,3,13H2,1-2H3. The molecule has 0 aliphatic heterocycles. The minimum Gasteiger partial charge on any atom is -0.497 e. The van der Waals surface area contributed by atoms with Crippen molar-refractivity contribution in [3.63, 3.8) is 0 Å². The van der Waals surface area contributed by atoms with Crippen LogP contribution in [-0.4, -0.2) is 21.9 Å². The van der Waals surface area contributed by atoms with Gasteiger partial charge in [0.1, 0.15) is 18.1 Å². The number of ether oxygens (including phenoxy) is 2. The summed E-state index contributed by atoms with van der Waals surface area (Å²) in [6.07, 6.45) is 4.54. The molecule has 0 saturated heterocycles. The second-order valence-corrected chi connectivity index (χ2v) is 5.09. The molecule has 0 bridgehead atoms. The number of aromatic nitrogens is 3. The Morgan fingerprint density at radius 2 is 1.78 bits per heavy atom. The van der Waals surface area contributed by atoms with Gasteiger partial charge in [-0.15, -0.1) is 0 Å². The van der Waals surface area contributed by atoms with Gasteiger partial charge in [-0.05, 0) is 42.3 Å². The number of aryl methyl sites for hydroxylation is 1. The van der Waals surface area contributed by atoms with Crippen LogP contribution in [0.2, 0.25) is 0 Å². The van der Waals surface area contributed by atoms with Gasteiger partial charge in [0.25, 0.3) is 0 Å². The van der Waals surface area contributed by atoms with E-state index in [-0.39, 0.29) is 0 Å². The van der Waals surface area contributed by atoms with Gasteiger partial charge in [0.05, 0.1) is 19.0 Å². The summed E-state index contributed by atoms with van der Waals surface area (Å²) in [5, 5.41) is 4.44. The maximum Gasteiger partial charge on any atom is 0.153 e. The Morgan fingerprint density at radius 1 is 1.00 bits per heavy atom. The molecule has 5 heteroatoms. The van der Waals surface area contributed by atoms with Crippen LogP contribution in [-0.2, 0) is 13.0 Å². The maximum absolute atomic E-state index is 5.75. The van der Waals surface area contributed by atoms with Gasteiger partial charge in [-0.3, -0.25) is 0 Å². The van der Waals surface area contributed by atoms with Crippen molar-refractivity contribution < 1.29 is 9.47 Å². The molecule has 3 aromatic rings. The highest BCUT2D eigenvalue weighted by Gasteiger charge is 2.02. The molecule has 5 nitrogen and oxygen atoms in total. The van der Waals surface area contributed by atoms with Gasteiger partial charge in [-0.1, -0.05) is 19.1 Å². The molecule has 0 spiro atoms. The highest BCUT2D eigenvalue weighted by Crippen LogP contribution is 2.16. The molecule has 0 radical (unpaired) electrons. The summed E-state index contributed by atoms with van der Waals surface area (Å²) in [4.78, 5) is 4.39. The lowest BCUT2D eigenvalue weighted by atomic mass is 10.2. The summed E-state index contributed by atoms with van der Waals surface area (Å²) in [5.74, 6) is 2.35. The van der Waals surface area contributed by atoms with Crippen molar-refractivity contribution in [3.05, 3.63) is 66.1 Å². The summed E-state index contributed by atoms with van der Waals surface area (Å²) in [7, 11) is 1.65. The average molecular weight is 309 g/mol. The number of methoxy groups -OCH3 is 1. The van der Waals surface area contributed by atoms with Gasteiger partial charge in [-0.25, -0.2) is 9.67 Å². The molecule has 0 unspecified atom stereocenters. The van der Waals surface area contributed by atoms with Gasteiger partial charge < -0.3 is 9.47 Å². The van der Waals surface area contributed by atoms with Crippen LogP contribution >= 0.6 is 0 Å². The molecule has 3 rings (SSSR count). The summed E-state index contributed by atoms with van der Waals surface area (Å²) < 4.78 is 12.7. The Balaban J connectivity index is 1.62. The van der Waals surface area contributed by atoms with E-state index < -0.39 is 0 Å². The molecule has 2 heterocycles. The number of hydrogen-bond acceptors (Lipinski definition) is 4. The highest BCUT2D eigenvalue weighted by molar-refractivity contribution is 5.30. The van der Waals surface area contributed by atoms with Crippen LogP contribution in [0.3, 0.4) is 0 Å². The van der Waals surface area contributed by atoms with Crippen molar-refractivity contribution >= 4 is 0 Å². The second kappa shape index (κ2) is 6.96. The van der Waals surface area contributed by atoms with E-state index in [9.17, 15) is 0 Å². The lowest BCUT2D eigenvalue weighted by Gasteiger charge is -2.07. The number of rotatable bonds is 6. The zero-order valence-electron chi connectivity index (χ0n) is 13.3. The molecule has 0 amide bonds. The summed E-state index contributed by atoms with van der Waals surface area (Å²) >= 11 is 0.